The molecule has 220 valence electrons. The van der Waals surface area contributed by atoms with E-state index in [9.17, 15) is 9.59 Å². The maximum Gasteiger partial charge on any atom is 0.311 e. The van der Waals surface area contributed by atoms with E-state index in [-0.39, 0.29) is 47.8 Å². The van der Waals surface area contributed by atoms with Crippen LogP contribution in [0.25, 0.3) is 10.8 Å². The predicted octanol–water partition coefficient (Wildman–Crippen LogP) is 10.2. The van der Waals surface area contributed by atoms with Crippen LogP contribution >= 0.6 is 0 Å². The summed E-state index contributed by atoms with van der Waals surface area (Å²) >= 11 is 0. The minimum absolute atomic E-state index is 0.166. The second-order valence-corrected chi connectivity index (χ2v) is 10.3. The molecule has 0 saturated heterocycles. The molecule has 6 heteroatoms. The number of benzene rings is 4. The molecule has 42 heavy (non-hydrogen) atoms. The fourth-order valence-electron chi connectivity index (χ4n) is 4.65. The summed E-state index contributed by atoms with van der Waals surface area (Å²) < 4.78 is 24.9. The van der Waals surface area contributed by atoms with Crippen molar-refractivity contribution in [2.24, 2.45) is 0 Å². The average molecular weight is 569 g/mol. The van der Waals surface area contributed by atoms with Crippen LogP contribution in [0.2, 0.25) is 0 Å². The van der Waals surface area contributed by atoms with Crippen molar-refractivity contribution < 1.29 is 28.5 Å². The summed E-state index contributed by atoms with van der Waals surface area (Å²) in [4.78, 5) is 26.2. The predicted molar refractivity (Wildman–Crippen MR) is 166 cm³/mol. The van der Waals surface area contributed by atoms with E-state index in [0.29, 0.717) is 22.3 Å². The third-order valence-corrected chi connectivity index (χ3v) is 6.86. The molecule has 0 N–H and O–H groups in total. The van der Waals surface area contributed by atoms with Crippen LogP contribution in [0, 0.1) is 0 Å². The van der Waals surface area contributed by atoms with Gasteiger partial charge >= 0.3 is 11.9 Å². The second kappa shape index (κ2) is 16.2. The van der Waals surface area contributed by atoms with Crippen LogP contribution in [-0.4, -0.2) is 11.9 Å². The molecule has 0 heterocycles. The number of para-hydroxylation sites is 2. The van der Waals surface area contributed by atoms with E-state index in [1.165, 1.54) is 0 Å². The van der Waals surface area contributed by atoms with Gasteiger partial charge in [0.05, 0.1) is 0 Å². The lowest BCUT2D eigenvalue weighted by Gasteiger charge is -2.21. The zero-order valence-corrected chi connectivity index (χ0v) is 24.6. The Morgan fingerprint density at radius 2 is 0.857 bits per heavy atom. The fraction of sp³-hybridized carbons (Fsp3) is 0.333. The summed E-state index contributed by atoms with van der Waals surface area (Å²) in [6.45, 7) is 4.26. The number of carbonyl (C=O) groups excluding carboxylic acids is 2. The molecule has 4 aromatic rings. The minimum atomic E-state index is -0.361. The Kier molecular flexibility index (Phi) is 11.8. The Hall–Kier alpha value is -4.32. The summed E-state index contributed by atoms with van der Waals surface area (Å²) in [7, 11) is 0. The summed E-state index contributed by atoms with van der Waals surface area (Å²) in [5, 5.41) is 1.17. The standard InChI is InChI=1S/C36H40O6/c1-3-5-7-15-25-31(37)41-33-29-23-17-18-24-30(29)34(42-32(38)26-16-8-6-4-2)36(40-28-21-13-10-14-22-28)35(33)39-27-19-11-9-12-20-27/h9-14,17-24H,3-8,15-16,25-26H2,1-2H3. The number of fused-ring (bicyclic) bond motifs is 1. The molecule has 0 aliphatic rings. The highest BCUT2D eigenvalue weighted by Crippen LogP contribution is 2.54. The van der Waals surface area contributed by atoms with E-state index in [1.807, 2.05) is 60.7 Å². The van der Waals surface area contributed by atoms with Crippen LogP contribution in [0.15, 0.2) is 84.9 Å². The van der Waals surface area contributed by atoms with Gasteiger partial charge in [-0.15, -0.1) is 0 Å². The number of rotatable bonds is 16. The van der Waals surface area contributed by atoms with Crippen molar-refractivity contribution in [2.75, 3.05) is 0 Å². The Morgan fingerprint density at radius 1 is 0.476 bits per heavy atom. The van der Waals surface area contributed by atoms with Gasteiger partial charge in [-0.3, -0.25) is 9.59 Å². The average Bonchev–Trinajstić information content (AvgIpc) is 3.02. The van der Waals surface area contributed by atoms with E-state index >= 15 is 0 Å². The van der Waals surface area contributed by atoms with E-state index < -0.39 is 0 Å². The highest BCUT2D eigenvalue weighted by molar-refractivity contribution is 6.01. The molecule has 0 amide bonds. The van der Waals surface area contributed by atoms with Crippen LogP contribution in [0.3, 0.4) is 0 Å². The molecule has 0 aliphatic carbocycles. The van der Waals surface area contributed by atoms with Crippen molar-refractivity contribution in [3.05, 3.63) is 84.9 Å². The molecule has 0 saturated carbocycles. The molecular weight excluding hydrogens is 528 g/mol. The molecule has 0 bridgehead atoms. The van der Waals surface area contributed by atoms with Gasteiger partial charge in [-0.05, 0) is 37.1 Å². The highest BCUT2D eigenvalue weighted by Gasteiger charge is 2.28. The van der Waals surface area contributed by atoms with Crippen LogP contribution in [0.5, 0.6) is 34.5 Å². The van der Waals surface area contributed by atoms with E-state index in [2.05, 4.69) is 13.8 Å². The summed E-state index contributed by atoms with van der Waals surface area (Å²) in [6.07, 6.45) is 8.22. The van der Waals surface area contributed by atoms with Crippen molar-refractivity contribution in [3.8, 4) is 34.5 Å². The quantitative estimate of drug-likeness (QED) is 0.0761. The maximum absolute atomic E-state index is 13.1. The lowest BCUT2D eigenvalue weighted by atomic mass is 10.1. The van der Waals surface area contributed by atoms with Crippen molar-refractivity contribution >= 4 is 22.7 Å². The first-order chi connectivity index (χ1) is 20.6. The van der Waals surface area contributed by atoms with Crippen LogP contribution in [0.4, 0.5) is 0 Å². The Bertz CT molecular complexity index is 1320. The third-order valence-electron chi connectivity index (χ3n) is 6.86. The molecule has 4 rings (SSSR count). The summed E-state index contributed by atoms with van der Waals surface area (Å²) in [5.41, 5.74) is 0. The highest BCUT2D eigenvalue weighted by atomic mass is 16.6. The Morgan fingerprint density at radius 3 is 1.24 bits per heavy atom. The molecule has 0 atom stereocenters. The fourth-order valence-corrected chi connectivity index (χ4v) is 4.65. The van der Waals surface area contributed by atoms with Crippen molar-refractivity contribution in [1.29, 1.82) is 0 Å². The van der Waals surface area contributed by atoms with Crippen LogP contribution < -0.4 is 18.9 Å². The zero-order valence-electron chi connectivity index (χ0n) is 24.6. The number of hydrogen-bond acceptors (Lipinski definition) is 6. The SMILES string of the molecule is CCCCCCC(=O)Oc1c(Oc2ccccc2)c(Oc2ccccc2)c(OC(=O)CCCCCC)c2ccccc12. The lowest BCUT2D eigenvalue weighted by Crippen LogP contribution is -2.12. The van der Waals surface area contributed by atoms with Crippen molar-refractivity contribution in [2.45, 2.75) is 78.1 Å². The molecule has 0 unspecified atom stereocenters. The van der Waals surface area contributed by atoms with Gasteiger partial charge < -0.3 is 18.9 Å². The van der Waals surface area contributed by atoms with Crippen LogP contribution in [-0.2, 0) is 9.59 Å². The number of esters is 2. The van der Waals surface area contributed by atoms with E-state index in [0.717, 1.165) is 51.4 Å². The normalized spacial score (nSPS) is 10.8. The molecular formula is C36H40O6. The largest absolute Gasteiger partial charge is 0.449 e. The zero-order chi connectivity index (χ0) is 29.6. The smallest absolute Gasteiger partial charge is 0.311 e. The Labute approximate surface area is 248 Å². The van der Waals surface area contributed by atoms with Gasteiger partial charge in [-0.2, -0.15) is 0 Å². The molecule has 0 aliphatic heterocycles. The number of hydrogen-bond donors (Lipinski definition) is 0. The molecule has 0 spiro atoms. The van der Waals surface area contributed by atoms with Gasteiger partial charge in [0, 0.05) is 23.6 Å². The number of carbonyl (C=O) groups is 2. The van der Waals surface area contributed by atoms with Gasteiger partial charge in [0.1, 0.15) is 11.5 Å². The van der Waals surface area contributed by atoms with Gasteiger partial charge in [0.25, 0.3) is 0 Å². The van der Waals surface area contributed by atoms with E-state index in [4.69, 9.17) is 18.9 Å². The number of ether oxygens (including phenoxy) is 4. The first-order valence-electron chi connectivity index (χ1n) is 15.1. The third kappa shape index (κ3) is 8.59. The lowest BCUT2D eigenvalue weighted by molar-refractivity contribution is -0.135. The van der Waals surface area contributed by atoms with Gasteiger partial charge in [-0.1, -0.05) is 113 Å². The van der Waals surface area contributed by atoms with Gasteiger partial charge in [-0.25, -0.2) is 0 Å². The monoisotopic (exact) mass is 568 g/mol. The van der Waals surface area contributed by atoms with Crippen LogP contribution in [0.1, 0.15) is 78.1 Å². The van der Waals surface area contributed by atoms with Crippen molar-refractivity contribution in [3.63, 3.8) is 0 Å². The van der Waals surface area contributed by atoms with Gasteiger partial charge in [0.15, 0.2) is 11.5 Å². The summed E-state index contributed by atoms with van der Waals surface area (Å²) in [6, 6.07) is 25.8. The molecule has 0 aromatic heterocycles. The van der Waals surface area contributed by atoms with Crippen molar-refractivity contribution in [1.82, 2.24) is 0 Å². The number of unbranched alkanes of at least 4 members (excludes halogenated alkanes) is 6. The molecule has 0 fully saturated rings. The Balaban J connectivity index is 1.84. The minimum Gasteiger partial charge on any atom is -0.449 e. The molecule has 6 nitrogen and oxygen atoms in total. The molecule has 0 radical (unpaired) electrons. The summed E-state index contributed by atoms with van der Waals surface area (Å²) in [5.74, 6) is 1.10. The van der Waals surface area contributed by atoms with Gasteiger partial charge in [0.2, 0.25) is 11.5 Å². The maximum atomic E-state index is 13.1. The molecule has 4 aromatic carbocycles. The second-order valence-electron chi connectivity index (χ2n) is 10.3. The topological polar surface area (TPSA) is 71.1 Å². The first kappa shape index (κ1) is 30.6. The van der Waals surface area contributed by atoms with E-state index in [1.54, 1.807) is 24.3 Å². The first-order valence-corrected chi connectivity index (χ1v) is 15.1.